The van der Waals surface area contributed by atoms with E-state index in [1.54, 1.807) is 77.0 Å². The molecule has 0 heterocycles. The van der Waals surface area contributed by atoms with Crippen LogP contribution in [0.4, 0.5) is 0 Å². The van der Waals surface area contributed by atoms with Gasteiger partial charge >= 0.3 is 124 Å². The predicted molar refractivity (Wildman–Crippen MR) is 80.5 cm³/mol. The van der Waals surface area contributed by atoms with Crippen molar-refractivity contribution in [1.29, 1.82) is 0 Å². The molecule has 3 rings (SSSR count). The van der Waals surface area contributed by atoms with E-state index < -0.39 is 0 Å². The van der Waals surface area contributed by atoms with Crippen molar-refractivity contribution >= 4 is 0 Å². The first kappa shape index (κ1) is 14.4. The molecule has 0 aromatic rings. The minimum absolute atomic E-state index is 0.654. The Morgan fingerprint density at radius 3 is 0.895 bits per heavy atom. The zero-order valence-electron chi connectivity index (χ0n) is 12.7. The van der Waals surface area contributed by atoms with Gasteiger partial charge in [-0.1, -0.05) is 0 Å². The summed E-state index contributed by atoms with van der Waals surface area (Å²) in [4.78, 5) is 3.50. The standard InChI is InChI=1S/3C6H11.Ni/c3*1-2-4-6-5-3-1;/h3*1H,2-6H2;. The summed E-state index contributed by atoms with van der Waals surface area (Å²) >= 11 is 0.654. The third-order valence-corrected chi connectivity index (χ3v) is 9.90. The molecule has 0 spiro atoms. The van der Waals surface area contributed by atoms with Gasteiger partial charge in [0.05, 0.1) is 0 Å². The predicted octanol–water partition coefficient (Wildman–Crippen LogP) is 6.86. The molecule has 0 atom stereocenters. The van der Waals surface area contributed by atoms with E-state index in [0.717, 1.165) is 0 Å². The van der Waals surface area contributed by atoms with Crippen LogP contribution in [0.1, 0.15) is 96.3 Å². The molecule has 0 radical (unpaired) electrons. The summed E-state index contributed by atoms with van der Waals surface area (Å²) in [7, 11) is 0. The molecule has 115 valence electrons. The molecule has 19 heavy (non-hydrogen) atoms. The van der Waals surface area contributed by atoms with Crippen molar-refractivity contribution in [2.24, 2.45) is 0 Å². The zero-order valence-corrected chi connectivity index (χ0v) is 13.6. The summed E-state index contributed by atoms with van der Waals surface area (Å²) in [5.74, 6) is 0. The van der Waals surface area contributed by atoms with Gasteiger partial charge in [0.1, 0.15) is 0 Å². The molecule has 0 aromatic carbocycles. The molecule has 0 nitrogen and oxygen atoms in total. The van der Waals surface area contributed by atoms with Crippen LogP contribution in [0.5, 0.6) is 0 Å². The molecular formula is C18H33Ni. The zero-order chi connectivity index (χ0) is 12.9. The fourth-order valence-electron chi connectivity index (χ4n) is 4.35. The Bertz CT molecular complexity index is 202. The SMILES string of the molecule is C1CC[CH]([Ni]([CH]2CCCCC2)[CH]2CCCCC2)CC1. The van der Waals surface area contributed by atoms with E-state index in [9.17, 15) is 0 Å². The minimum atomic E-state index is 0.654. The Morgan fingerprint density at radius 1 is 0.368 bits per heavy atom. The Kier molecular flexibility index (Phi) is 5.69. The third-order valence-electron chi connectivity index (χ3n) is 5.39. The fourth-order valence-corrected chi connectivity index (χ4v) is 9.51. The van der Waals surface area contributed by atoms with Gasteiger partial charge in [-0.15, -0.1) is 0 Å². The van der Waals surface area contributed by atoms with Crippen LogP contribution in [-0.4, -0.2) is 0 Å². The molecule has 0 bridgehead atoms. The molecule has 3 fully saturated rings. The van der Waals surface area contributed by atoms with Gasteiger partial charge in [-0.05, 0) is 0 Å². The molecule has 0 unspecified atom stereocenters. The van der Waals surface area contributed by atoms with Crippen LogP contribution < -0.4 is 0 Å². The van der Waals surface area contributed by atoms with Crippen LogP contribution in [-0.2, 0) is 13.4 Å². The second-order valence-electron chi connectivity index (χ2n) is 6.87. The summed E-state index contributed by atoms with van der Waals surface area (Å²) in [6.07, 6.45) is 23.5. The molecule has 0 amide bonds. The Balaban J connectivity index is 1.68. The van der Waals surface area contributed by atoms with Crippen LogP contribution >= 0.6 is 0 Å². The van der Waals surface area contributed by atoms with Gasteiger partial charge in [0, 0.05) is 0 Å². The van der Waals surface area contributed by atoms with Crippen molar-refractivity contribution in [1.82, 2.24) is 0 Å². The molecule has 3 aliphatic carbocycles. The topological polar surface area (TPSA) is 0 Å². The van der Waals surface area contributed by atoms with Gasteiger partial charge < -0.3 is 0 Å². The first-order chi connectivity index (χ1) is 9.45. The van der Waals surface area contributed by atoms with Crippen molar-refractivity contribution in [3.63, 3.8) is 0 Å². The van der Waals surface area contributed by atoms with E-state index in [4.69, 9.17) is 0 Å². The number of rotatable bonds is 3. The van der Waals surface area contributed by atoms with Crippen LogP contribution in [0.25, 0.3) is 0 Å². The number of hydrogen-bond acceptors (Lipinski definition) is 0. The van der Waals surface area contributed by atoms with Gasteiger partial charge in [0.15, 0.2) is 0 Å². The monoisotopic (exact) mass is 307 g/mol. The Labute approximate surface area is 124 Å². The van der Waals surface area contributed by atoms with E-state index >= 15 is 0 Å². The first-order valence-corrected chi connectivity index (χ1v) is 10.7. The summed E-state index contributed by atoms with van der Waals surface area (Å²) in [5.41, 5.74) is 0. The third kappa shape index (κ3) is 3.78. The van der Waals surface area contributed by atoms with Crippen molar-refractivity contribution in [2.45, 2.75) is 111 Å². The molecule has 0 N–H and O–H groups in total. The summed E-state index contributed by atoms with van der Waals surface area (Å²) in [5, 5.41) is 0. The molecule has 0 aromatic heterocycles. The fraction of sp³-hybridized carbons (Fsp3) is 1.00. The van der Waals surface area contributed by atoms with E-state index in [0.29, 0.717) is 13.4 Å². The van der Waals surface area contributed by atoms with Gasteiger partial charge in [0.2, 0.25) is 0 Å². The summed E-state index contributed by atoms with van der Waals surface area (Å²) in [6.45, 7) is 0. The second-order valence-corrected chi connectivity index (χ2v) is 10.3. The first-order valence-electron chi connectivity index (χ1n) is 9.00. The van der Waals surface area contributed by atoms with Crippen molar-refractivity contribution < 1.29 is 13.4 Å². The number of hydrogen-bond donors (Lipinski definition) is 0. The molecule has 0 aliphatic heterocycles. The quantitative estimate of drug-likeness (QED) is 0.499. The van der Waals surface area contributed by atoms with E-state index in [1.807, 2.05) is 0 Å². The van der Waals surface area contributed by atoms with Crippen molar-refractivity contribution in [3.05, 3.63) is 0 Å². The van der Waals surface area contributed by atoms with Crippen molar-refractivity contribution in [2.75, 3.05) is 0 Å². The molecule has 0 saturated heterocycles. The second kappa shape index (κ2) is 7.49. The van der Waals surface area contributed by atoms with Crippen LogP contribution in [0.3, 0.4) is 0 Å². The molecule has 1 heteroatoms. The summed E-state index contributed by atoms with van der Waals surface area (Å²) < 4.78 is 0. The molecule has 3 aliphatic rings. The van der Waals surface area contributed by atoms with E-state index in [-0.39, 0.29) is 0 Å². The van der Waals surface area contributed by atoms with Crippen LogP contribution in [0, 0.1) is 0 Å². The molecular weight excluding hydrogens is 275 g/mol. The molecule has 3 saturated carbocycles. The average molecular weight is 308 g/mol. The van der Waals surface area contributed by atoms with Crippen LogP contribution in [0.15, 0.2) is 0 Å². The van der Waals surface area contributed by atoms with Gasteiger partial charge in [0.25, 0.3) is 0 Å². The Hall–Kier alpha value is 0.494. The maximum absolute atomic E-state index is 1.60. The average Bonchev–Trinajstić information content (AvgIpc) is 2.51. The van der Waals surface area contributed by atoms with Gasteiger partial charge in [-0.2, -0.15) is 0 Å². The van der Waals surface area contributed by atoms with E-state index in [1.165, 1.54) is 33.9 Å². The van der Waals surface area contributed by atoms with Gasteiger partial charge in [-0.3, -0.25) is 0 Å². The van der Waals surface area contributed by atoms with E-state index in [2.05, 4.69) is 0 Å². The summed E-state index contributed by atoms with van der Waals surface area (Å²) in [6, 6.07) is 0. The van der Waals surface area contributed by atoms with Crippen molar-refractivity contribution in [3.8, 4) is 0 Å². The van der Waals surface area contributed by atoms with Gasteiger partial charge in [-0.25, -0.2) is 0 Å². The Morgan fingerprint density at radius 2 is 0.632 bits per heavy atom. The normalized spacial score (nSPS) is 29.4. The maximum atomic E-state index is 1.60. The van der Waals surface area contributed by atoms with Crippen LogP contribution in [0.2, 0.25) is 14.7 Å².